The van der Waals surface area contributed by atoms with Crippen LogP contribution >= 0.6 is 0 Å². The first-order valence-electron chi connectivity index (χ1n) is 5.88. The molecular formula is C12H23NO2. The zero-order valence-electron chi connectivity index (χ0n) is 10.1. The summed E-state index contributed by atoms with van der Waals surface area (Å²) in [7, 11) is 0. The van der Waals surface area contributed by atoms with Gasteiger partial charge in [-0.3, -0.25) is 9.69 Å². The van der Waals surface area contributed by atoms with Crippen LogP contribution in [0.4, 0.5) is 0 Å². The van der Waals surface area contributed by atoms with Crippen LogP contribution in [0.5, 0.6) is 0 Å². The fraction of sp³-hybridized carbons (Fsp3) is 0.917. The van der Waals surface area contributed by atoms with Crippen LogP contribution in [0.1, 0.15) is 46.5 Å². The van der Waals surface area contributed by atoms with Gasteiger partial charge in [-0.2, -0.15) is 0 Å². The Bertz CT molecular complexity index is 226. The lowest BCUT2D eigenvalue weighted by molar-refractivity contribution is -0.137. The van der Waals surface area contributed by atoms with E-state index in [2.05, 4.69) is 25.7 Å². The molecule has 1 unspecified atom stereocenters. The number of aliphatic carboxylic acids is 1. The molecule has 3 nitrogen and oxygen atoms in total. The first-order chi connectivity index (χ1) is 6.92. The molecule has 0 aromatic rings. The number of hydrogen-bond acceptors (Lipinski definition) is 2. The molecule has 0 saturated carbocycles. The van der Waals surface area contributed by atoms with Crippen LogP contribution in [0.15, 0.2) is 0 Å². The molecule has 15 heavy (non-hydrogen) atoms. The Kier molecular flexibility index (Phi) is 4.14. The topological polar surface area (TPSA) is 40.5 Å². The van der Waals surface area contributed by atoms with Gasteiger partial charge in [-0.25, -0.2) is 0 Å². The second-order valence-electron chi connectivity index (χ2n) is 5.42. The molecule has 0 aromatic carbocycles. The summed E-state index contributed by atoms with van der Waals surface area (Å²) in [5, 5.41) is 8.54. The molecule has 0 spiro atoms. The van der Waals surface area contributed by atoms with Crippen LogP contribution in [0, 0.1) is 5.92 Å². The van der Waals surface area contributed by atoms with E-state index in [1.807, 2.05) is 0 Å². The van der Waals surface area contributed by atoms with Crippen molar-refractivity contribution < 1.29 is 9.90 Å². The first kappa shape index (κ1) is 12.5. The first-order valence-corrected chi connectivity index (χ1v) is 5.88. The van der Waals surface area contributed by atoms with Gasteiger partial charge in [0.25, 0.3) is 0 Å². The third kappa shape index (κ3) is 3.82. The predicted molar refractivity (Wildman–Crippen MR) is 60.9 cm³/mol. The molecule has 88 valence electrons. The van der Waals surface area contributed by atoms with Gasteiger partial charge in [0, 0.05) is 18.5 Å². The summed E-state index contributed by atoms with van der Waals surface area (Å²) < 4.78 is 0. The molecule has 1 fully saturated rings. The van der Waals surface area contributed by atoms with E-state index in [1.165, 1.54) is 13.0 Å². The van der Waals surface area contributed by atoms with Gasteiger partial charge in [0.2, 0.25) is 0 Å². The van der Waals surface area contributed by atoms with Gasteiger partial charge >= 0.3 is 5.97 Å². The molecule has 0 aromatic heterocycles. The number of likely N-dealkylation sites (tertiary alicyclic amines) is 1. The molecule has 1 aliphatic heterocycles. The van der Waals surface area contributed by atoms with Crippen molar-refractivity contribution in [2.75, 3.05) is 13.1 Å². The highest BCUT2D eigenvalue weighted by Gasteiger charge is 2.35. The summed E-state index contributed by atoms with van der Waals surface area (Å²) in [4.78, 5) is 12.9. The molecule has 1 N–H and O–H groups in total. The standard InChI is InChI=1S/C12H23NO2/c1-10-8-12(2,3)13(9-10)7-5-4-6-11(14)15/h10H,4-9H2,1-3H3,(H,14,15). The van der Waals surface area contributed by atoms with Crippen molar-refractivity contribution in [1.82, 2.24) is 4.90 Å². The molecule has 1 heterocycles. The third-order valence-electron chi connectivity index (χ3n) is 3.30. The van der Waals surface area contributed by atoms with Gasteiger partial charge in [0.15, 0.2) is 0 Å². The van der Waals surface area contributed by atoms with E-state index in [1.54, 1.807) is 0 Å². The number of carboxylic acids is 1. The van der Waals surface area contributed by atoms with Crippen LogP contribution in [0.25, 0.3) is 0 Å². The zero-order valence-corrected chi connectivity index (χ0v) is 10.1. The number of nitrogens with zero attached hydrogens (tertiary/aromatic N) is 1. The average Bonchev–Trinajstić information content (AvgIpc) is 2.33. The van der Waals surface area contributed by atoms with Gasteiger partial charge in [-0.15, -0.1) is 0 Å². The minimum Gasteiger partial charge on any atom is -0.481 e. The Morgan fingerprint density at radius 2 is 2.13 bits per heavy atom. The second-order valence-corrected chi connectivity index (χ2v) is 5.42. The van der Waals surface area contributed by atoms with E-state index in [0.717, 1.165) is 25.3 Å². The van der Waals surface area contributed by atoms with E-state index >= 15 is 0 Å². The van der Waals surface area contributed by atoms with E-state index in [9.17, 15) is 4.79 Å². The quantitative estimate of drug-likeness (QED) is 0.713. The Balaban J connectivity index is 2.24. The number of hydrogen-bond donors (Lipinski definition) is 1. The zero-order chi connectivity index (χ0) is 11.5. The molecule has 1 rings (SSSR count). The average molecular weight is 213 g/mol. The summed E-state index contributed by atoms with van der Waals surface area (Å²) >= 11 is 0. The van der Waals surface area contributed by atoms with E-state index < -0.39 is 5.97 Å². The van der Waals surface area contributed by atoms with Gasteiger partial charge in [0.1, 0.15) is 0 Å². The summed E-state index contributed by atoms with van der Waals surface area (Å²) in [5.74, 6) is 0.100. The van der Waals surface area contributed by atoms with Crippen molar-refractivity contribution >= 4 is 5.97 Å². The molecule has 1 aliphatic rings. The van der Waals surface area contributed by atoms with Gasteiger partial charge in [-0.05, 0) is 45.6 Å². The Morgan fingerprint density at radius 3 is 2.60 bits per heavy atom. The fourth-order valence-corrected chi connectivity index (χ4v) is 2.64. The maximum absolute atomic E-state index is 10.4. The van der Waals surface area contributed by atoms with Crippen molar-refractivity contribution in [2.24, 2.45) is 5.92 Å². The molecule has 1 atom stereocenters. The number of rotatable bonds is 5. The molecule has 1 saturated heterocycles. The van der Waals surface area contributed by atoms with E-state index in [0.29, 0.717) is 12.0 Å². The monoisotopic (exact) mass is 213 g/mol. The molecule has 0 aliphatic carbocycles. The maximum Gasteiger partial charge on any atom is 0.303 e. The van der Waals surface area contributed by atoms with Crippen LogP contribution in [0.2, 0.25) is 0 Å². The maximum atomic E-state index is 10.4. The number of carbonyl (C=O) groups is 1. The Morgan fingerprint density at radius 1 is 1.47 bits per heavy atom. The van der Waals surface area contributed by atoms with Crippen LogP contribution in [-0.4, -0.2) is 34.6 Å². The van der Waals surface area contributed by atoms with Crippen molar-refractivity contribution in [3.8, 4) is 0 Å². The highest BCUT2D eigenvalue weighted by molar-refractivity contribution is 5.66. The van der Waals surface area contributed by atoms with Crippen molar-refractivity contribution in [3.63, 3.8) is 0 Å². The second kappa shape index (κ2) is 4.97. The van der Waals surface area contributed by atoms with Crippen molar-refractivity contribution in [1.29, 1.82) is 0 Å². The smallest absolute Gasteiger partial charge is 0.303 e. The molecule has 0 bridgehead atoms. The largest absolute Gasteiger partial charge is 0.481 e. The SMILES string of the molecule is CC1CN(CCCCC(=O)O)C(C)(C)C1. The van der Waals surface area contributed by atoms with E-state index in [4.69, 9.17) is 5.11 Å². The normalized spacial score (nSPS) is 25.7. The number of carboxylic acid groups (broad SMARTS) is 1. The highest BCUT2D eigenvalue weighted by Crippen LogP contribution is 2.32. The summed E-state index contributed by atoms with van der Waals surface area (Å²) in [6.07, 6.45) is 3.37. The van der Waals surface area contributed by atoms with Crippen LogP contribution in [-0.2, 0) is 4.79 Å². The van der Waals surface area contributed by atoms with Gasteiger partial charge in [0.05, 0.1) is 0 Å². The van der Waals surface area contributed by atoms with Gasteiger partial charge < -0.3 is 5.11 Å². The number of unbranched alkanes of at least 4 members (excludes halogenated alkanes) is 1. The van der Waals surface area contributed by atoms with Gasteiger partial charge in [-0.1, -0.05) is 6.92 Å². The van der Waals surface area contributed by atoms with Crippen LogP contribution < -0.4 is 0 Å². The Hall–Kier alpha value is -0.570. The van der Waals surface area contributed by atoms with Crippen molar-refractivity contribution in [3.05, 3.63) is 0 Å². The minimum atomic E-state index is -0.677. The lowest BCUT2D eigenvalue weighted by atomic mass is 9.97. The molecule has 0 amide bonds. The molecular weight excluding hydrogens is 190 g/mol. The lowest BCUT2D eigenvalue weighted by Gasteiger charge is -2.31. The van der Waals surface area contributed by atoms with E-state index in [-0.39, 0.29) is 0 Å². The minimum absolute atomic E-state index is 0.308. The summed E-state index contributed by atoms with van der Waals surface area (Å²) in [6, 6.07) is 0. The summed E-state index contributed by atoms with van der Waals surface area (Å²) in [6.45, 7) is 9.07. The summed E-state index contributed by atoms with van der Waals surface area (Å²) in [5.41, 5.74) is 0.308. The third-order valence-corrected chi connectivity index (χ3v) is 3.30. The highest BCUT2D eigenvalue weighted by atomic mass is 16.4. The fourth-order valence-electron chi connectivity index (χ4n) is 2.64. The van der Waals surface area contributed by atoms with Crippen molar-refractivity contribution in [2.45, 2.75) is 52.0 Å². The molecule has 3 heteroatoms. The molecule has 0 radical (unpaired) electrons. The van der Waals surface area contributed by atoms with Crippen LogP contribution in [0.3, 0.4) is 0 Å². The Labute approximate surface area is 92.5 Å². The lowest BCUT2D eigenvalue weighted by Crippen LogP contribution is -2.38. The predicted octanol–water partition coefficient (Wildman–Crippen LogP) is 2.36.